The highest BCUT2D eigenvalue weighted by Gasteiger charge is 2.12. The number of nitrogens with zero attached hydrogens (tertiary/aromatic N) is 4. The number of urea groups is 1. The van der Waals surface area contributed by atoms with E-state index in [2.05, 4.69) is 55.6 Å². The van der Waals surface area contributed by atoms with Crippen LogP contribution in [-0.2, 0) is 13.1 Å². The minimum absolute atomic E-state index is 0.125. The number of rotatable bonds is 18. The number of benzene rings is 2. The molecule has 1 aliphatic rings. The van der Waals surface area contributed by atoms with Crippen LogP contribution in [0.25, 0.3) is 0 Å². The van der Waals surface area contributed by atoms with Crippen molar-refractivity contribution < 1.29 is 13.9 Å². The van der Waals surface area contributed by atoms with Crippen molar-refractivity contribution >= 4 is 11.8 Å². The highest BCUT2D eigenvalue weighted by molar-refractivity contribution is 5.73. The van der Waals surface area contributed by atoms with Crippen LogP contribution in [0.15, 0.2) is 72.9 Å². The van der Waals surface area contributed by atoms with Crippen molar-refractivity contribution in [3.63, 3.8) is 0 Å². The standard InChI is InChI=1S/C35H49FN6O2/c1-40(24-25-42(34-13-3-4-18-37-34)29-30-14-16-32(36)17-15-30)21-10-20-39-35(43)38-19-5-8-26-44-33-12-9-11-31(27-33)28-41-22-6-2-7-23-41/h3-4,9,11-18,27H,2,5-8,10,19-26,28-29H2,1H3,(H2,38,39,43). The lowest BCUT2D eigenvalue weighted by atomic mass is 10.1. The normalized spacial score (nSPS) is 13.5. The zero-order valence-electron chi connectivity index (χ0n) is 26.2. The fourth-order valence-electron chi connectivity index (χ4n) is 5.37. The van der Waals surface area contributed by atoms with Crippen molar-refractivity contribution in [2.75, 3.05) is 64.4 Å². The number of amides is 2. The molecule has 0 spiro atoms. The van der Waals surface area contributed by atoms with E-state index in [1.807, 2.05) is 36.4 Å². The molecule has 9 heteroatoms. The third kappa shape index (κ3) is 12.5. The Morgan fingerprint density at radius 2 is 1.68 bits per heavy atom. The Balaban J connectivity index is 1.03. The lowest BCUT2D eigenvalue weighted by Crippen LogP contribution is -2.38. The Kier molecular flexibility index (Phi) is 14.2. The first kappa shape index (κ1) is 33.2. The predicted molar refractivity (Wildman–Crippen MR) is 176 cm³/mol. The second kappa shape index (κ2) is 18.9. The van der Waals surface area contributed by atoms with Crippen molar-refractivity contribution in [1.82, 2.24) is 25.4 Å². The molecule has 0 radical (unpaired) electrons. The minimum Gasteiger partial charge on any atom is -0.494 e. The van der Waals surface area contributed by atoms with Crippen LogP contribution in [0.3, 0.4) is 0 Å². The zero-order chi connectivity index (χ0) is 30.8. The number of nitrogens with one attached hydrogen (secondary N) is 2. The SMILES string of the molecule is CN(CCCNC(=O)NCCCCOc1cccc(CN2CCCCC2)c1)CCN(Cc1ccc(F)cc1)c1ccccn1. The smallest absolute Gasteiger partial charge is 0.314 e. The molecule has 2 N–H and O–H groups in total. The molecular formula is C35H49FN6O2. The predicted octanol–water partition coefficient (Wildman–Crippen LogP) is 5.69. The van der Waals surface area contributed by atoms with Gasteiger partial charge in [0, 0.05) is 45.5 Å². The molecule has 3 aromatic rings. The molecule has 1 saturated heterocycles. The fourth-order valence-corrected chi connectivity index (χ4v) is 5.37. The van der Waals surface area contributed by atoms with Gasteiger partial charge >= 0.3 is 6.03 Å². The summed E-state index contributed by atoms with van der Waals surface area (Å²) >= 11 is 0. The van der Waals surface area contributed by atoms with Gasteiger partial charge in [-0.3, -0.25) is 4.90 Å². The van der Waals surface area contributed by atoms with Gasteiger partial charge in [-0.05, 0) is 106 Å². The highest BCUT2D eigenvalue weighted by atomic mass is 19.1. The lowest BCUT2D eigenvalue weighted by molar-refractivity contribution is 0.220. The van der Waals surface area contributed by atoms with Gasteiger partial charge in [0.1, 0.15) is 17.4 Å². The first-order chi connectivity index (χ1) is 21.5. The molecule has 4 rings (SSSR count). The van der Waals surface area contributed by atoms with Gasteiger partial charge in [-0.1, -0.05) is 36.8 Å². The molecular weight excluding hydrogens is 555 g/mol. The number of likely N-dealkylation sites (tertiary alicyclic amines) is 1. The van der Waals surface area contributed by atoms with E-state index in [1.54, 1.807) is 6.20 Å². The van der Waals surface area contributed by atoms with Gasteiger partial charge in [0.2, 0.25) is 0 Å². The Bertz CT molecular complexity index is 1220. The van der Waals surface area contributed by atoms with E-state index in [4.69, 9.17) is 4.74 Å². The highest BCUT2D eigenvalue weighted by Crippen LogP contribution is 2.18. The number of hydrogen-bond donors (Lipinski definition) is 2. The lowest BCUT2D eigenvalue weighted by Gasteiger charge is -2.27. The van der Waals surface area contributed by atoms with E-state index in [0.29, 0.717) is 26.2 Å². The Morgan fingerprint density at radius 1 is 0.886 bits per heavy atom. The van der Waals surface area contributed by atoms with Gasteiger partial charge in [-0.25, -0.2) is 14.2 Å². The van der Waals surface area contributed by atoms with E-state index in [-0.39, 0.29) is 11.8 Å². The molecule has 44 heavy (non-hydrogen) atoms. The molecule has 2 amide bonds. The first-order valence-electron chi connectivity index (χ1n) is 16.1. The van der Waals surface area contributed by atoms with Gasteiger partial charge in [0.25, 0.3) is 0 Å². The van der Waals surface area contributed by atoms with Crippen LogP contribution in [0.5, 0.6) is 5.75 Å². The van der Waals surface area contributed by atoms with Gasteiger partial charge in [0.05, 0.1) is 6.61 Å². The number of piperidine rings is 1. The third-order valence-electron chi connectivity index (χ3n) is 7.89. The molecule has 1 aromatic heterocycles. The number of pyridine rings is 1. The Morgan fingerprint density at radius 3 is 2.45 bits per heavy atom. The molecule has 0 bridgehead atoms. The maximum absolute atomic E-state index is 13.4. The monoisotopic (exact) mass is 604 g/mol. The number of likely N-dealkylation sites (N-methyl/N-ethyl adjacent to an activating group) is 1. The van der Waals surface area contributed by atoms with Crippen molar-refractivity contribution in [3.8, 4) is 5.75 Å². The van der Waals surface area contributed by atoms with Gasteiger partial charge in [-0.15, -0.1) is 0 Å². The number of unbranched alkanes of at least 4 members (excludes halogenated alkanes) is 1. The molecule has 0 saturated carbocycles. The summed E-state index contributed by atoms with van der Waals surface area (Å²) in [6.07, 6.45) is 8.35. The molecule has 0 unspecified atom stereocenters. The minimum atomic E-state index is -0.231. The quantitative estimate of drug-likeness (QED) is 0.182. The largest absolute Gasteiger partial charge is 0.494 e. The summed E-state index contributed by atoms with van der Waals surface area (Å²) in [6.45, 7) is 8.41. The van der Waals surface area contributed by atoms with Crippen molar-refractivity contribution in [2.24, 2.45) is 0 Å². The first-order valence-corrected chi connectivity index (χ1v) is 16.1. The van der Waals surface area contributed by atoms with Crippen molar-refractivity contribution in [3.05, 3.63) is 89.9 Å². The number of halogens is 1. The Labute approximate surface area is 262 Å². The average Bonchev–Trinajstić information content (AvgIpc) is 3.05. The van der Waals surface area contributed by atoms with E-state index in [0.717, 1.165) is 62.6 Å². The summed E-state index contributed by atoms with van der Waals surface area (Å²) in [5.41, 5.74) is 2.35. The summed E-state index contributed by atoms with van der Waals surface area (Å²) in [5.74, 6) is 1.59. The summed E-state index contributed by atoms with van der Waals surface area (Å²) in [4.78, 5) is 23.7. The zero-order valence-corrected chi connectivity index (χ0v) is 26.2. The van der Waals surface area contributed by atoms with E-state index < -0.39 is 0 Å². The van der Waals surface area contributed by atoms with Crippen LogP contribution in [0.1, 0.15) is 49.7 Å². The van der Waals surface area contributed by atoms with E-state index in [1.165, 1.54) is 50.0 Å². The van der Waals surface area contributed by atoms with E-state index >= 15 is 0 Å². The van der Waals surface area contributed by atoms with Crippen LogP contribution >= 0.6 is 0 Å². The van der Waals surface area contributed by atoms with Crippen LogP contribution in [0.4, 0.5) is 15.0 Å². The molecule has 2 heterocycles. The second-order valence-corrected chi connectivity index (χ2v) is 11.6. The molecule has 1 aliphatic heterocycles. The fraction of sp³-hybridized carbons (Fsp3) is 0.486. The van der Waals surface area contributed by atoms with Crippen LogP contribution < -0.4 is 20.3 Å². The van der Waals surface area contributed by atoms with E-state index in [9.17, 15) is 9.18 Å². The summed E-state index contributed by atoms with van der Waals surface area (Å²) in [7, 11) is 2.08. The van der Waals surface area contributed by atoms with Crippen LogP contribution in [0, 0.1) is 5.82 Å². The average molecular weight is 605 g/mol. The summed E-state index contributed by atoms with van der Waals surface area (Å²) < 4.78 is 19.3. The molecule has 0 atom stereocenters. The summed E-state index contributed by atoms with van der Waals surface area (Å²) in [6, 6.07) is 20.8. The topological polar surface area (TPSA) is 73.0 Å². The van der Waals surface area contributed by atoms with Gasteiger partial charge in [-0.2, -0.15) is 0 Å². The number of aromatic nitrogens is 1. The maximum Gasteiger partial charge on any atom is 0.314 e. The van der Waals surface area contributed by atoms with Crippen LogP contribution in [-0.4, -0.2) is 80.3 Å². The molecule has 2 aromatic carbocycles. The number of carbonyl (C=O) groups excluding carboxylic acids is 1. The summed E-state index contributed by atoms with van der Waals surface area (Å²) in [5, 5.41) is 5.91. The van der Waals surface area contributed by atoms with Crippen molar-refractivity contribution in [2.45, 2.75) is 51.6 Å². The van der Waals surface area contributed by atoms with Crippen LogP contribution in [0.2, 0.25) is 0 Å². The number of ether oxygens (including phenoxy) is 1. The molecule has 1 fully saturated rings. The number of anilines is 1. The van der Waals surface area contributed by atoms with Gasteiger partial charge in [0.15, 0.2) is 0 Å². The third-order valence-corrected chi connectivity index (χ3v) is 7.89. The second-order valence-electron chi connectivity index (χ2n) is 11.6. The number of hydrogen-bond acceptors (Lipinski definition) is 6. The van der Waals surface area contributed by atoms with Gasteiger partial charge < -0.3 is 25.2 Å². The molecule has 0 aliphatic carbocycles. The molecule has 8 nitrogen and oxygen atoms in total. The molecule has 238 valence electrons. The van der Waals surface area contributed by atoms with Crippen molar-refractivity contribution in [1.29, 1.82) is 0 Å². The number of carbonyl (C=O) groups is 1. The maximum atomic E-state index is 13.4. The Hall–Kier alpha value is -3.69.